The molecule has 0 aromatic carbocycles. The second-order valence-corrected chi connectivity index (χ2v) is 3.97. The Bertz CT molecular complexity index is 337. The number of amides is 2. The van der Waals surface area contributed by atoms with Gasteiger partial charge in [0, 0.05) is 12.7 Å². The largest absolute Gasteiger partial charge is 0.338 e. The van der Waals surface area contributed by atoms with Gasteiger partial charge < -0.3 is 10.6 Å². The minimum atomic E-state index is -0.150. The van der Waals surface area contributed by atoms with Crippen molar-refractivity contribution >= 4 is 6.03 Å². The molecule has 5 nitrogen and oxygen atoms in total. The van der Waals surface area contributed by atoms with Crippen molar-refractivity contribution in [2.45, 2.75) is 39.7 Å². The SMILES string of the molecule is CCCCCNC(=O)NCc1cnc(C)cn1. The molecule has 1 aromatic heterocycles. The van der Waals surface area contributed by atoms with E-state index in [1.165, 1.54) is 0 Å². The Balaban J connectivity index is 2.17. The number of aromatic nitrogens is 2. The first-order valence-corrected chi connectivity index (χ1v) is 6.01. The van der Waals surface area contributed by atoms with Gasteiger partial charge in [-0.15, -0.1) is 0 Å². The Labute approximate surface area is 102 Å². The van der Waals surface area contributed by atoms with Gasteiger partial charge in [-0.1, -0.05) is 19.8 Å². The molecule has 0 radical (unpaired) electrons. The summed E-state index contributed by atoms with van der Waals surface area (Å²) in [5.41, 5.74) is 1.64. The summed E-state index contributed by atoms with van der Waals surface area (Å²) in [7, 11) is 0. The van der Waals surface area contributed by atoms with E-state index in [0.717, 1.165) is 37.2 Å². The van der Waals surface area contributed by atoms with Crippen molar-refractivity contribution in [3.05, 3.63) is 23.8 Å². The van der Waals surface area contributed by atoms with Gasteiger partial charge in [-0.05, 0) is 13.3 Å². The molecule has 1 heterocycles. The lowest BCUT2D eigenvalue weighted by atomic mass is 10.2. The summed E-state index contributed by atoms with van der Waals surface area (Å²) in [6, 6.07) is -0.150. The number of carbonyl (C=O) groups excluding carboxylic acids is 1. The summed E-state index contributed by atoms with van der Waals surface area (Å²) >= 11 is 0. The van der Waals surface area contributed by atoms with Crippen LogP contribution in [0.5, 0.6) is 0 Å². The summed E-state index contributed by atoms with van der Waals surface area (Å²) in [6.45, 7) is 5.15. The zero-order valence-electron chi connectivity index (χ0n) is 10.5. The monoisotopic (exact) mass is 236 g/mol. The molecule has 0 fully saturated rings. The van der Waals surface area contributed by atoms with Crippen molar-refractivity contribution in [1.82, 2.24) is 20.6 Å². The molecule has 5 heteroatoms. The Hall–Kier alpha value is -1.65. The summed E-state index contributed by atoms with van der Waals surface area (Å²) in [5.74, 6) is 0. The van der Waals surface area contributed by atoms with Crippen molar-refractivity contribution in [1.29, 1.82) is 0 Å². The van der Waals surface area contributed by atoms with E-state index < -0.39 is 0 Å². The van der Waals surface area contributed by atoms with Crippen LogP contribution in [0.4, 0.5) is 4.79 Å². The molecule has 17 heavy (non-hydrogen) atoms. The highest BCUT2D eigenvalue weighted by molar-refractivity contribution is 5.73. The summed E-state index contributed by atoms with van der Waals surface area (Å²) in [4.78, 5) is 19.6. The lowest BCUT2D eigenvalue weighted by Crippen LogP contribution is -2.35. The topological polar surface area (TPSA) is 66.9 Å². The molecule has 1 aromatic rings. The second-order valence-electron chi connectivity index (χ2n) is 3.97. The summed E-state index contributed by atoms with van der Waals surface area (Å²) in [5, 5.41) is 5.54. The van der Waals surface area contributed by atoms with Gasteiger partial charge in [-0.3, -0.25) is 9.97 Å². The number of nitrogens with zero attached hydrogens (tertiary/aromatic N) is 2. The normalized spacial score (nSPS) is 10.0. The van der Waals surface area contributed by atoms with Crippen LogP contribution >= 0.6 is 0 Å². The van der Waals surface area contributed by atoms with E-state index in [9.17, 15) is 4.79 Å². The molecule has 0 aliphatic heterocycles. The minimum Gasteiger partial charge on any atom is -0.338 e. The number of aryl methyl sites for hydroxylation is 1. The highest BCUT2D eigenvalue weighted by Crippen LogP contribution is 1.93. The third kappa shape index (κ3) is 5.85. The predicted molar refractivity (Wildman–Crippen MR) is 66.5 cm³/mol. The van der Waals surface area contributed by atoms with Gasteiger partial charge in [-0.25, -0.2) is 4.79 Å². The first-order valence-electron chi connectivity index (χ1n) is 6.01. The van der Waals surface area contributed by atoms with E-state index >= 15 is 0 Å². The smallest absolute Gasteiger partial charge is 0.315 e. The summed E-state index contributed by atoms with van der Waals surface area (Å²) < 4.78 is 0. The van der Waals surface area contributed by atoms with Crippen LogP contribution in [0.1, 0.15) is 37.6 Å². The number of nitrogens with one attached hydrogen (secondary N) is 2. The average Bonchev–Trinajstić information content (AvgIpc) is 2.34. The fraction of sp³-hybridized carbons (Fsp3) is 0.583. The maximum Gasteiger partial charge on any atom is 0.315 e. The van der Waals surface area contributed by atoms with E-state index in [2.05, 4.69) is 27.5 Å². The second kappa shape index (κ2) is 7.60. The minimum absolute atomic E-state index is 0.150. The molecular formula is C12H20N4O. The third-order valence-corrected chi connectivity index (χ3v) is 2.33. The number of unbranched alkanes of at least 4 members (excludes halogenated alkanes) is 2. The molecule has 0 spiro atoms. The van der Waals surface area contributed by atoms with Crippen molar-refractivity contribution in [3.8, 4) is 0 Å². The van der Waals surface area contributed by atoms with Gasteiger partial charge >= 0.3 is 6.03 Å². The van der Waals surface area contributed by atoms with Crippen LogP contribution in [-0.4, -0.2) is 22.5 Å². The molecule has 0 aliphatic rings. The molecule has 2 N–H and O–H groups in total. The highest BCUT2D eigenvalue weighted by Gasteiger charge is 2.00. The number of urea groups is 1. The Morgan fingerprint density at radius 1 is 1.24 bits per heavy atom. The number of hydrogen-bond acceptors (Lipinski definition) is 3. The highest BCUT2D eigenvalue weighted by atomic mass is 16.2. The number of carbonyl (C=O) groups is 1. The van der Waals surface area contributed by atoms with Crippen LogP contribution in [0.3, 0.4) is 0 Å². The predicted octanol–water partition coefficient (Wildman–Crippen LogP) is 1.77. The van der Waals surface area contributed by atoms with Crippen LogP contribution < -0.4 is 10.6 Å². The maximum absolute atomic E-state index is 11.4. The zero-order valence-corrected chi connectivity index (χ0v) is 10.5. The lowest BCUT2D eigenvalue weighted by molar-refractivity contribution is 0.240. The van der Waals surface area contributed by atoms with Crippen LogP contribution in [0.15, 0.2) is 12.4 Å². The fourth-order valence-corrected chi connectivity index (χ4v) is 1.32. The zero-order chi connectivity index (χ0) is 12.5. The molecule has 2 amide bonds. The lowest BCUT2D eigenvalue weighted by Gasteiger charge is -2.06. The van der Waals surface area contributed by atoms with Gasteiger partial charge in [0.1, 0.15) is 0 Å². The van der Waals surface area contributed by atoms with Crippen molar-refractivity contribution in [3.63, 3.8) is 0 Å². The molecule has 94 valence electrons. The fourth-order valence-electron chi connectivity index (χ4n) is 1.32. The molecule has 1 rings (SSSR count). The number of hydrogen-bond donors (Lipinski definition) is 2. The van der Waals surface area contributed by atoms with E-state index in [1.54, 1.807) is 12.4 Å². The van der Waals surface area contributed by atoms with Crippen LogP contribution in [-0.2, 0) is 6.54 Å². The average molecular weight is 236 g/mol. The van der Waals surface area contributed by atoms with E-state index in [4.69, 9.17) is 0 Å². The third-order valence-electron chi connectivity index (χ3n) is 2.33. The molecule has 0 unspecified atom stereocenters. The summed E-state index contributed by atoms with van der Waals surface area (Å²) in [6.07, 6.45) is 6.68. The number of rotatable bonds is 6. The van der Waals surface area contributed by atoms with Crippen molar-refractivity contribution in [2.75, 3.05) is 6.54 Å². The Morgan fingerprint density at radius 3 is 2.71 bits per heavy atom. The molecule has 0 saturated heterocycles. The van der Waals surface area contributed by atoms with Crippen LogP contribution in [0.2, 0.25) is 0 Å². The Morgan fingerprint density at radius 2 is 2.06 bits per heavy atom. The van der Waals surface area contributed by atoms with Crippen LogP contribution in [0, 0.1) is 6.92 Å². The van der Waals surface area contributed by atoms with Gasteiger partial charge in [0.05, 0.1) is 24.1 Å². The molecule has 0 saturated carbocycles. The van der Waals surface area contributed by atoms with Gasteiger partial charge in [0.25, 0.3) is 0 Å². The maximum atomic E-state index is 11.4. The van der Waals surface area contributed by atoms with Gasteiger partial charge in [0.15, 0.2) is 0 Å². The molecule has 0 bridgehead atoms. The molecular weight excluding hydrogens is 216 g/mol. The van der Waals surface area contributed by atoms with Crippen LogP contribution in [0.25, 0.3) is 0 Å². The quantitative estimate of drug-likeness (QED) is 0.740. The van der Waals surface area contributed by atoms with E-state index in [0.29, 0.717) is 6.54 Å². The standard InChI is InChI=1S/C12H20N4O/c1-3-4-5-6-13-12(17)16-9-11-8-14-10(2)7-15-11/h7-8H,3-6,9H2,1-2H3,(H2,13,16,17). The van der Waals surface area contributed by atoms with E-state index in [1.807, 2.05) is 6.92 Å². The molecule has 0 aliphatic carbocycles. The van der Waals surface area contributed by atoms with E-state index in [-0.39, 0.29) is 6.03 Å². The Kier molecular flexibility index (Phi) is 5.99. The van der Waals surface area contributed by atoms with Crippen molar-refractivity contribution < 1.29 is 4.79 Å². The molecule has 0 atom stereocenters. The first kappa shape index (κ1) is 13.4. The van der Waals surface area contributed by atoms with Gasteiger partial charge in [-0.2, -0.15) is 0 Å². The van der Waals surface area contributed by atoms with Crippen molar-refractivity contribution in [2.24, 2.45) is 0 Å². The first-order chi connectivity index (χ1) is 8.22. The van der Waals surface area contributed by atoms with Gasteiger partial charge in [0.2, 0.25) is 0 Å².